The van der Waals surface area contributed by atoms with Gasteiger partial charge in [0.05, 0.1) is 24.7 Å². The molecule has 234 valence electrons. The first kappa shape index (κ1) is 30.6. The third-order valence-corrected chi connectivity index (χ3v) is 9.82. The minimum Gasteiger partial charge on any atom is -0.461 e. The van der Waals surface area contributed by atoms with Crippen molar-refractivity contribution in [1.82, 2.24) is 4.98 Å². The molecule has 3 aromatic rings. The average molecular weight is 600 g/mol. The highest BCUT2D eigenvalue weighted by Crippen LogP contribution is 2.50. The molecule has 7 heteroatoms. The van der Waals surface area contributed by atoms with Crippen LogP contribution in [0, 0.1) is 11.8 Å². The van der Waals surface area contributed by atoms with Gasteiger partial charge in [0.25, 0.3) is 0 Å². The number of hydrogen-bond donors (Lipinski definition) is 0. The van der Waals surface area contributed by atoms with E-state index in [4.69, 9.17) is 18.6 Å². The first-order valence-corrected chi connectivity index (χ1v) is 16.7. The van der Waals surface area contributed by atoms with Gasteiger partial charge in [0.2, 0.25) is 5.89 Å². The first-order valence-electron chi connectivity index (χ1n) is 16.7. The Kier molecular flexibility index (Phi) is 10.4. The van der Waals surface area contributed by atoms with Gasteiger partial charge in [0.15, 0.2) is 5.69 Å². The highest BCUT2D eigenvalue weighted by atomic mass is 16.5. The van der Waals surface area contributed by atoms with E-state index in [-0.39, 0.29) is 42.3 Å². The van der Waals surface area contributed by atoms with Crippen molar-refractivity contribution in [2.24, 2.45) is 11.8 Å². The summed E-state index contributed by atoms with van der Waals surface area (Å²) in [5, 5.41) is 0. The summed E-state index contributed by atoms with van der Waals surface area (Å²) in [5.41, 5.74) is 3.57. The van der Waals surface area contributed by atoms with Gasteiger partial charge in [-0.1, -0.05) is 93.1 Å². The lowest BCUT2D eigenvalue weighted by Crippen LogP contribution is -2.28. The molecule has 44 heavy (non-hydrogen) atoms. The van der Waals surface area contributed by atoms with Gasteiger partial charge in [-0.3, -0.25) is 4.79 Å². The Morgan fingerprint density at radius 1 is 0.841 bits per heavy atom. The summed E-state index contributed by atoms with van der Waals surface area (Å²) in [6, 6.07) is 18.0. The van der Waals surface area contributed by atoms with E-state index in [1.807, 2.05) is 42.5 Å². The second-order valence-corrected chi connectivity index (χ2v) is 12.8. The Labute approximate surface area is 260 Å². The van der Waals surface area contributed by atoms with E-state index < -0.39 is 5.97 Å². The maximum Gasteiger partial charge on any atom is 0.360 e. The average Bonchev–Trinajstić information content (AvgIpc) is 3.82. The fourth-order valence-corrected chi connectivity index (χ4v) is 7.46. The minimum absolute atomic E-state index is 0.0188. The van der Waals surface area contributed by atoms with Crippen LogP contribution in [-0.4, -0.2) is 35.7 Å². The van der Waals surface area contributed by atoms with Crippen LogP contribution in [0.5, 0.6) is 0 Å². The molecule has 2 aromatic carbocycles. The smallest absolute Gasteiger partial charge is 0.360 e. The number of oxazole rings is 1. The van der Waals surface area contributed by atoms with Gasteiger partial charge in [-0.2, -0.15) is 0 Å². The monoisotopic (exact) mass is 599 g/mol. The Morgan fingerprint density at radius 3 is 2.45 bits per heavy atom. The van der Waals surface area contributed by atoms with E-state index in [2.05, 4.69) is 17.1 Å². The van der Waals surface area contributed by atoms with Crippen LogP contribution in [0.2, 0.25) is 0 Å². The Bertz CT molecular complexity index is 1360. The molecule has 2 aliphatic heterocycles. The van der Waals surface area contributed by atoms with E-state index in [0.29, 0.717) is 25.3 Å². The molecule has 0 N–H and O–H groups in total. The van der Waals surface area contributed by atoms with Crippen LogP contribution in [0.3, 0.4) is 0 Å². The number of ether oxygens (including phenoxy) is 3. The topological polar surface area (TPSA) is 87.9 Å². The van der Waals surface area contributed by atoms with Crippen LogP contribution in [0.15, 0.2) is 65.3 Å². The lowest BCUT2D eigenvalue weighted by atomic mass is 9.75. The van der Waals surface area contributed by atoms with E-state index in [9.17, 15) is 9.59 Å². The zero-order valence-corrected chi connectivity index (χ0v) is 25.7. The molecule has 1 aliphatic carbocycles. The van der Waals surface area contributed by atoms with Gasteiger partial charge in [-0.15, -0.1) is 0 Å². The number of unbranched alkanes of at least 4 members (excludes halogenated alkanes) is 1. The fraction of sp³-hybridized carbons (Fsp3) is 0.541. The molecular formula is C37H45NO6. The van der Waals surface area contributed by atoms with Crippen molar-refractivity contribution in [2.45, 2.75) is 108 Å². The van der Waals surface area contributed by atoms with Crippen LogP contribution in [0.1, 0.15) is 110 Å². The Hall–Kier alpha value is -3.45. The van der Waals surface area contributed by atoms with Crippen LogP contribution < -0.4 is 0 Å². The van der Waals surface area contributed by atoms with Crippen LogP contribution in [0.4, 0.5) is 0 Å². The number of esters is 2. The lowest BCUT2D eigenvalue weighted by Gasteiger charge is -2.26. The number of aryl methyl sites for hydroxylation is 1. The van der Waals surface area contributed by atoms with Crippen molar-refractivity contribution < 1.29 is 28.2 Å². The molecule has 7 nitrogen and oxygen atoms in total. The number of aromatic nitrogens is 1. The number of carbonyl (C=O) groups is 2. The molecule has 2 bridgehead atoms. The molecule has 2 saturated heterocycles. The second-order valence-electron chi connectivity index (χ2n) is 12.8. The molecule has 3 fully saturated rings. The van der Waals surface area contributed by atoms with E-state index in [0.717, 1.165) is 49.1 Å². The zero-order chi connectivity index (χ0) is 30.1. The molecule has 6 rings (SSSR count). The summed E-state index contributed by atoms with van der Waals surface area (Å²) in [4.78, 5) is 29.9. The number of nitrogens with zero attached hydrogens (tertiary/aromatic N) is 1. The third-order valence-electron chi connectivity index (χ3n) is 9.82. The SMILES string of the molecule is O=C(CCc1ccccc1C[C@@H]1[C@H](c2nc(C(=O)OCCCCC3CCCCC3)co2)[C@H]2CC[C@@H]1O2)OCc1ccccc1. The minimum atomic E-state index is -0.414. The first-order chi connectivity index (χ1) is 21.6. The Morgan fingerprint density at radius 2 is 1.61 bits per heavy atom. The van der Waals surface area contributed by atoms with Crippen molar-refractivity contribution in [3.8, 4) is 0 Å². The molecule has 0 unspecified atom stereocenters. The molecule has 3 heterocycles. The summed E-state index contributed by atoms with van der Waals surface area (Å²) in [6.07, 6.45) is 15.3. The number of benzene rings is 2. The van der Waals surface area contributed by atoms with E-state index in [1.54, 1.807) is 0 Å². The van der Waals surface area contributed by atoms with E-state index >= 15 is 0 Å². The molecule has 0 spiro atoms. The largest absolute Gasteiger partial charge is 0.461 e. The molecule has 1 aromatic heterocycles. The summed E-state index contributed by atoms with van der Waals surface area (Å²) < 4.78 is 23.3. The van der Waals surface area contributed by atoms with Crippen LogP contribution >= 0.6 is 0 Å². The number of hydrogen-bond acceptors (Lipinski definition) is 7. The lowest BCUT2D eigenvalue weighted by molar-refractivity contribution is -0.144. The van der Waals surface area contributed by atoms with E-state index in [1.165, 1.54) is 50.4 Å². The molecule has 4 atom stereocenters. The molecule has 3 aliphatic rings. The van der Waals surface area contributed by atoms with Gasteiger partial charge in [0, 0.05) is 12.3 Å². The number of carbonyl (C=O) groups excluding carboxylic acids is 2. The highest BCUT2D eigenvalue weighted by molar-refractivity contribution is 5.86. The van der Waals surface area contributed by atoms with Crippen molar-refractivity contribution >= 4 is 11.9 Å². The summed E-state index contributed by atoms with van der Waals surface area (Å²) in [5.74, 6) is 0.962. The molecule has 1 saturated carbocycles. The maximum absolute atomic E-state index is 12.8. The fourth-order valence-electron chi connectivity index (χ4n) is 7.46. The summed E-state index contributed by atoms with van der Waals surface area (Å²) >= 11 is 0. The third kappa shape index (κ3) is 7.79. The number of fused-ring (bicyclic) bond motifs is 2. The normalized spacial score (nSPS) is 23.1. The van der Waals surface area contributed by atoms with Gasteiger partial charge in [0.1, 0.15) is 12.9 Å². The van der Waals surface area contributed by atoms with Crippen LogP contribution in [-0.2, 0) is 38.5 Å². The van der Waals surface area contributed by atoms with Gasteiger partial charge < -0.3 is 18.6 Å². The molecular weight excluding hydrogens is 554 g/mol. The zero-order valence-electron chi connectivity index (χ0n) is 25.7. The molecule has 0 radical (unpaired) electrons. The van der Waals surface area contributed by atoms with Crippen molar-refractivity contribution in [3.05, 3.63) is 89.1 Å². The summed E-state index contributed by atoms with van der Waals surface area (Å²) in [6.45, 7) is 0.710. The summed E-state index contributed by atoms with van der Waals surface area (Å²) in [7, 11) is 0. The Balaban J connectivity index is 1.02. The standard InChI is InChI=1S/C37H45NO6/c39-34(42-24-27-14-5-2-6-15-27)21-18-28-16-7-8-17-29(28)23-30-32-19-20-33(44-32)35(30)36-38-31(25-43-36)37(40)41-22-10-9-13-26-11-3-1-4-12-26/h2,5-8,14-17,25-26,30,32-33,35H,1,3-4,9-13,18-24H2/t30-,32-,33+,35-/m0/s1. The van der Waals surface area contributed by atoms with Gasteiger partial charge >= 0.3 is 11.9 Å². The number of rotatable bonds is 14. The predicted octanol–water partition coefficient (Wildman–Crippen LogP) is 7.76. The molecule has 0 amide bonds. The maximum atomic E-state index is 12.8. The highest BCUT2D eigenvalue weighted by Gasteiger charge is 2.51. The quantitative estimate of drug-likeness (QED) is 0.138. The van der Waals surface area contributed by atoms with Crippen molar-refractivity contribution in [3.63, 3.8) is 0 Å². The van der Waals surface area contributed by atoms with Crippen molar-refractivity contribution in [2.75, 3.05) is 6.61 Å². The van der Waals surface area contributed by atoms with Crippen molar-refractivity contribution in [1.29, 1.82) is 0 Å². The predicted molar refractivity (Wildman–Crippen MR) is 166 cm³/mol. The van der Waals surface area contributed by atoms with Crippen LogP contribution in [0.25, 0.3) is 0 Å². The second kappa shape index (κ2) is 15.0. The van der Waals surface area contributed by atoms with Gasteiger partial charge in [-0.05, 0) is 61.1 Å². The van der Waals surface area contributed by atoms with Gasteiger partial charge in [-0.25, -0.2) is 9.78 Å².